The molecule has 1 aromatic heterocycles. The molecule has 1 N–H and O–H groups in total. The predicted molar refractivity (Wildman–Crippen MR) is 149 cm³/mol. The van der Waals surface area contributed by atoms with Crippen LogP contribution in [0.3, 0.4) is 0 Å². The second-order valence-electron chi connectivity index (χ2n) is 8.56. The molecule has 0 saturated carbocycles. The molecule has 0 aliphatic rings. The molecule has 0 spiro atoms. The predicted octanol–water partition coefficient (Wildman–Crippen LogP) is 5.52. The van der Waals surface area contributed by atoms with Crippen LogP contribution in [0.1, 0.15) is 37.0 Å². The summed E-state index contributed by atoms with van der Waals surface area (Å²) in [7, 11) is -0.355. The highest BCUT2D eigenvalue weighted by atomic mass is 32.2. The normalized spacial score (nSPS) is 11.9. The van der Waals surface area contributed by atoms with Gasteiger partial charge in [-0.25, -0.2) is 13.4 Å². The Balaban J connectivity index is 1.64. The topological polar surface area (TPSA) is 128 Å². The van der Waals surface area contributed by atoms with Gasteiger partial charge in [-0.15, -0.1) is 0 Å². The monoisotopic (exact) mass is 565 g/mol. The lowest BCUT2D eigenvalue weighted by molar-refractivity contribution is -0.123. The number of anilines is 1. The van der Waals surface area contributed by atoms with Crippen molar-refractivity contribution in [3.8, 4) is 23.3 Å². The molecule has 1 unspecified atom stereocenters. The molecule has 0 radical (unpaired) electrons. The van der Waals surface area contributed by atoms with E-state index in [1.807, 2.05) is 13.0 Å². The van der Waals surface area contributed by atoms with Crippen LogP contribution in [0.2, 0.25) is 0 Å². The van der Waals surface area contributed by atoms with Crippen molar-refractivity contribution in [1.29, 1.82) is 5.26 Å². The fourth-order valence-electron chi connectivity index (χ4n) is 3.80. The summed E-state index contributed by atoms with van der Waals surface area (Å²) in [6.07, 6.45) is 0.210. The molecule has 0 aliphatic carbocycles. The van der Waals surface area contributed by atoms with Gasteiger partial charge in [-0.1, -0.05) is 36.8 Å². The van der Waals surface area contributed by atoms with Gasteiger partial charge in [-0.2, -0.15) is 5.26 Å². The van der Waals surface area contributed by atoms with E-state index in [4.69, 9.17) is 19.5 Å². The third-order valence-corrected chi connectivity index (χ3v) is 8.66. The molecular weight excluding hydrogens is 538 g/mol. The van der Waals surface area contributed by atoms with Crippen LogP contribution in [0.5, 0.6) is 17.2 Å². The molecular formula is C28H27N3O6S2. The molecule has 0 fully saturated rings. The van der Waals surface area contributed by atoms with Crippen molar-refractivity contribution in [2.24, 2.45) is 0 Å². The molecule has 39 heavy (non-hydrogen) atoms. The third-order valence-electron chi connectivity index (χ3n) is 5.91. The summed E-state index contributed by atoms with van der Waals surface area (Å²) in [6.45, 7) is 1.93. The van der Waals surface area contributed by atoms with Gasteiger partial charge in [0, 0.05) is 17.7 Å². The smallest absolute Gasteiger partial charge is 0.271 e. The Morgan fingerprint density at radius 3 is 2.33 bits per heavy atom. The second-order valence-corrected chi connectivity index (χ2v) is 11.7. The number of nitriles is 1. The summed E-state index contributed by atoms with van der Waals surface area (Å²) in [6, 6.07) is 18.0. The summed E-state index contributed by atoms with van der Waals surface area (Å²) in [5.74, 6) is 0.986. The van der Waals surface area contributed by atoms with Crippen LogP contribution >= 0.6 is 11.3 Å². The Hall–Kier alpha value is -4.14. The van der Waals surface area contributed by atoms with Crippen molar-refractivity contribution >= 4 is 42.4 Å². The van der Waals surface area contributed by atoms with Gasteiger partial charge in [-0.05, 0) is 42.8 Å². The van der Waals surface area contributed by atoms with Gasteiger partial charge in [0.2, 0.25) is 6.10 Å². The maximum atomic E-state index is 13.5. The first-order chi connectivity index (χ1) is 18.8. The number of ether oxygens (including phenoxy) is 3. The quantitative estimate of drug-likeness (QED) is 0.252. The number of nitrogens with zero attached hydrogens (tertiary/aromatic N) is 2. The van der Waals surface area contributed by atoms with Crippen LogP contribution in [-0.2, 0) is 14.6 Å². The van der Waals surface area contributed by atoms with Crippen LogP contribution < -0.4 is 19.5 Å². The minimum atomic E-state index is -3.43. The highest BCUT2D eigenvalue weighted by molar-refractivity contribution is 7.91. The number of aromatic nitrogens is 1. The fraction of sp³-hybridized carbons (Fsp3) is 0.250. The molecule has 1 amide bonds. The van der Waals surface area contributed by atoms with Gasteiger partial charge < -0.3 is 14.2 Å². The number of carbonyl (C=O) groups excluding carboxylic acids is 1. The van der Waals surface area contributed by atoms with Crippen LogP contribution in [0.15, 0.2) is 65.6 Å². The lowest BCUT2D eigenvalue weighted by atomic mass is 10.1. The first-order valence-electron chi connectivity index (χ1n) is 12.1. The Morgan fingerprint density at radius 1 is 1.05 bits per heavy atom. The van der Waals surface area contributed by atoms with Crippen LogP contribution in [0, 0.1) is 11.3 Å². The number of unbranched alkanes of at least 4 members (excludes halogenated alkanes) is 1. The van der Waals surface area contributed by atoms with Crippen molar-refractivity contribution in [3.05, 3.63) is 71.8 Å². The third kappa shape index (κ3) is 6.47. The zero-order valence-electron chi connectivity index (χ0n) is 21.6. The summed E-state index contributed by atoms with van der Waals surface area (Å²) in [5, 5.41) is 12.2. The van der Waals surface area contributed by atoms with E-state index in [0.29, 0.717) is 45.4 Å². The van der Waals surface area contributed by atoms with Crippen molar-refractivity contribution in [2.75, 3.05) is 25.3 Å². The van der Waals surface area contributed by atoms with Crippen molar-refractivity contribution in [2.45, 2.75) is 30.8 Å². The molecule has 1 heterocycles. The zero-order chi connectivity index (χ0) is 28.0. The van der Waals surface area contributed by atoms with E-state index in [9.17, 15) is 13.2 Å². The number of amides is 1. The number of benzene rings is 3. The van der Waals surface area contributed by atoms with Crippen molar-refractivity contribution < 1.29 is 27.4 Å². The Kier molecular flexibility index (Phi) is 8.69. The molecule has 202 valence electrons. The summed E-state index contributed by atoms with van der Waals surface area (Å²) < 4.78 is 42.7. The second kappa shape index (κ2) is 12.1. The maximum absolute atomic E-state index is 13.5. The van der Waals surface area contributed by atoms with Crippen LogP contribution in [0.4, 0.5) is 5.13 Å². The van der Waals surface area contributed by atoms with Crippen LogP contribution in [-0.4, -0.2) is 39.3 Å². The van der Waals surface area contributed by atoms with E-state index in [2.05, 4.69) is 10.3 Å². The highest BCUT2D eigenvalue weighted by Gasteiger charge is 2.25. The van der Waals surface area contributed by atoms with Gasteiger partial charge in [0.25, 0.3) is 5.91 Å². The number of fused-ring (bicyclic) bond motifs is 1. The lowest BCUT2D eigenvalue weighted by Crippen LogP contribution is -2.25. The van der Waals surface area contributed by atoms with Gasteiger partial charge in [0.05, 0.1) is 46.7 Å². The molecule has 0 bridgehead atoms. The molecule has 9 nitrogen and oxygen atoms in total. The number of rotatable bonds is 11. The van der Waals surface area contributed by atoms with Crippen molar-refractivity contribution in [3.63, 3.8) is 0 Å². The van der Waals surface area contributed by atoms with E-state index >= 15 is 0 Å². The van der Waals surface area contributed by atoms with Crippen molar-refractivity contribution in [1.82, 2.24) is 4.98 Å². The van der Waals surface area contributed by atoms with Gasteiger partial charge >= 0.3 is 0 Å². The average Bonchev–Trinajstić information content (AvgIpc) is 3.35. The van der Waals surface area contributed by atoms with Gasteiger partial charge in [0.15, 0.2) is 26.5 Å². The average molecular weight is 566 g/mol. The molecule has 11 heteroatoms. The minimum Gasteiger partial charge on any atom is -0.493 e. The van der Waals surface area contributed by atoms with Gasteiger partial charge in [-0.3, -0.25) is 10.1 Å². The molecule has 1 atom stereocenters. The van der Waals surface area contributed by atoms with E-state index in [1.54, 1.807) is 55.6 Å². The first kappa shape index (κ1) is 27.9. The summed E-state index contributed by atoms with van der Waals surface area (Å²) >= 11 is 1.26. The summed E-state index contributed by atoms with van der Waals surface area (Å²) in [5.41, 5.74) is 1.53. The fourth-order valence-corrected chi connectivity index (χ4v) is 6.13. The Morgan fingerprint density at radius 2 is 1.72 bits per heavy atom. The number of hydrogen-bond donors (Lipinski definition) is 1. The summed E-state index contributed by atoms with van der Waals surface area (Å²) in [4.78, 5) is 18.2. The van der Waals surface area contributed by atoms with E-state index in [1.165, 1.54) is 30.6 Å². The van der Waals surface area contributed by atoms with E-state index in [-0.39, 0.29) is 10.6 Å². The Bertz CT molecular complexity index is 1570. The highest BCUT2D eigenvalue weighted by Crippen LogP contribution is 2.36. The minimum absolute atomic E-state index is 0.0572. The number of carbonyl (C=O) groups is 1. The molecule has 4 rings (SSSR count). The van der Waals surface area contributed by atoms with Crippen LogP contribution in [0.25, 0.3) is 10.2 Å². The number of thiazole rings is 1. The number of hydrogen-bond acceptors (Lipinski definition) is 9. The largest absolute Gasteiger partial charge is 0.493 e. The number of methoxy groups -OCH3 is 2. The Labute approximate surface area is 230 Å². The first-order valence-corrected chi connectivity index (χ1v) is 14.6. The van der Waals surface area contributed by atoms with E-state index in [0.717, 1.165) is 11.1 Å². The lowest BCUT2D eigenvalue weighted by Gasteiger charge is -2.19. The SMILES string of the molecule is CCCCS(=O)(=O)c1ccc(C(Oc2ccc(C#N)cc2)C(=O)Nc2nc3cc(OC)c(OC)cc3s2)cc1. The van der Waals surface area contributed by atoms with E-state index < -0.39 is 21.8 Å². The maximum Gasteiger partial charge on any atom is 0.271 e. The standard InChI is InChI=1S/C28H27N3O6S2/c1-4-5-14-39(33,34)21-12-8-19(9-13-21)26(37-20-10-6-18(17-29)7-11-20)27(32)31-28-30-22-15-23(35-2)24(36-3)16-25(22)38-28/h6-13,15-16,26H,4-5,14H2,1-3H3,(H,30,31,32). The number of nitrogens with one attached hydrogen (secondary N) is 1. The molecule has 0 aliphatic heterocycles. The number of sulfone groups is 1. The zero-order valence-corrected chi connectivity index (χ0v) is 23.3. The molecule has 4 aromatic rings. The van der Waals surface area contributed by atoms with Gasteiger partial charge in [0.1, 0.15) is 5.75 Å². The molecule has 0 saturated heterocycles. The molecule has 3 aromatic carbocycles.